The summed E-state index contributed by atoms with van der Waals surface area (Å²) < 4.78 is 27.1. The van der Waals surface area contributed by atoms with E-state index in [1.165, 1.54) is 23.5 Å². The second kappa shape index (κ2) is 8.02. The van der Waals surface area contributed by atoms with Crippen LogP contribution >= 0.6 is 11.3 Å². The smallest absolute Gasteiger partial charge is 0.258 e. The topological polar surface area (TPSA) is 93.4 Å². The van der Waals surface area contributed by atoms with Gasteiger partial charge < -0.3 is 0 Å². The number of hydrogen-bond donors (Lipinski definition) is 0. The number of hydrogen-bond acceptors (Lipinski definition) is 6. The van der Waals surface area contributed by atoms with Gasteiger partial charge in [-0.15, -0.1) is 11.3 Å². The number of benzene rings is 2. The van der Waals surface area contributed by atoms with E-state index in [4.69, 9.17) is 0 Å². The molecule has 2 heterocycles. The van der Waals surface area contributed by atoms with Crippen LogP contribution in [0.3, 0.4) is 0 Å². The molecule has 2 aromatic carbocycles. The molecule has 0 unspecified atom stereocenters. The number of nitrogens with zero attached hydrogens (tertiary/aromatic N) is 3. The zero-order valence-electron chi connectivity index (χ0n) is 15.5. The predicted octanol–water partition coefficient (Wildman–Crippen LogP) is 4.56. The number of piperidine rings is 1. The van der Waals surface area contributed by atoms with Crippen molar-refractivity contribution in [1.82, 2.24) is 9.29 Å². The molecule has 0 radical (unpaired) electrons. The zero-order valence-corrected chi connectivity index (χ0v) is 17.2. The normalized spacial score (nSPS) is 15.3. The molecular weight excluding hydrogens is 410 g/mol. The zero-order chi connectivity index (χ0) is 20.4. The Morgan fingerprint density at radius 1 is 1.00 bits per heavy atom. The SMILES string of the molecule is O=[N+]([O-])c1cccc(-c2nc(-c3ccc(S(=O)(=O)N4CCCCC4)cc3)cs2)c1. The van der Waals surface area contributed by atoms with Crippen molar-refractivity contribution in [3.8, 4) is 21.8 Å². The van der Waals surface area contributed by atoms with Crippen molar-refractivity contribution in [3.05, 3.63) is 64.0 Å². The third-order valence-corrected chi connectivity index (χ3v) is 7.72. The van der Waals surface area contributed by atoms with Gasteiger partial charge in [0.2, 0.25) is 10.0 Å². The first-order valence-electron chi connectivity index (χ1n) is 9.26. The number of thiazole rings is 1. The van der Waals surface area contributed by atoms with Crippen LogP contribution < -0.4 is 0 Å². The Bertz CT molecular complexity index is 1130. The van der Waals surface area contributed by atoms with Crippen LogP contribution in [0.1, 0.15) is 19.3 Å². The van der Waals surface area contributed by atoms with Crippen molar-refractivity contribution >= 4 is 27.0 Å². The van der Waals surface area contributed by atoms with Crippen LogP contribution in [0.2, 0.25) is 0 Å². The molecule has 150 valence electrons. The summed E-state index contributed by atoms with van der Waals surface area (Å²) in [4.78, 5) is 15.4. The second-order valence-electron chi connectivity index (χ2n) is 6.83. The summed E-state index contributed by atoms with van der Waals surface area (Å²) in [6, 6.07) is 13.1. The lowest BCUT2D eigenvalue weighted by Crippen LogP contribution is -2.35. The summed E-state index contributed by atoms with van der Waals surface area (Å²) in [6.45, 7) is 1.14. The van der Waals surface area contributed by atoms with Gasteiger partial charge in [0.15, 0.2) is 0 Å². The molecule has 1 fully saturated rings. The van der Waals surface area contributed by atoms with E-state index in [1.54, 1.807) is 40.7 Å². The first kappa shape index (κ1) is 19.7. The molecule has 0 aliphatic carbocycles. The first-order valence-corrected chi connectivity index (χ1v) is 11.6. The van der Waals surface area contributed by atoms with E-state index < -0.39 is 14.9 Å². The molecular formula is C20H19N3O4S2. The molecule has 7 nitrogen and oxygen atoms in total. The number of nitro benzene ring substituents is 1. The summed E-state index contributed by atoms with van der Waals surface area (Å²) in [5, 5.41) is 13.5. The van der Waals surface area contributed by atoms with Crippen molar-refractivity contribution in [2.75, 3.05) is 13.1 Å². The van der Waals surface area contributed by atoms with Crippen molar-refractivity contribution < 1.29 is 13.3 Å². The van der Waals surface area contributed by atoms with Gasteiger partial charge >= 0.3 is 0 Å². The van der Waals surface area contributed by atoms with E-state index in [0.29, 0.717) is 29.4 Å². The maximum absolute atomic E-state index is 12.8. The van der Waals surface area contributed by atoms with Crippen LogP contribution in [-0.2, 0) is 10.0 Å². The third-order valence-electron chi connectivity index (χ3n) is 4.91. The summed E-state index contributed by atoms with van der Waals surface area (Å²) in [5.41, 5.74) is 2.21. The first-order chi connectivity index (χ1) is 13.9. The standard InChI is InChI=1S/C20H19N3O4S2/c24-23(25)17-6-4-5-16(13-17)20-21-19(14-28-20)15-7-9-18(10-8-15)29(26,27)22-11-2-1-3-12-22/h4-10,13-14H,1-3,11-12H2. The minimum atomic E-state index is -3.46. The van der Waals surface area contributed by atoms with Crippen LogP contribution in [0.5, 0.6) is 0 Å². The Hall–Kier alpha value is -2.62. The average molecular weight is 430 g/mol. The molecule has 1 aliphatic heterocycles. The van der Waals surface area contributed by atoms with Gasteiger partial charge in [0.1, 0.15) is 5.01 Å². The molecule has 1 aliphatic rings. The van der Waals surface area contributed by atoms with E-state index in [9.17, 15) is 18.5 Å². The van der Waals surface area contributed by atoms with Gasteiger partial charge in [-0.1, -0.05) is 30.7 Å². The Kier molecular flexibility index (Phi) is 5.44. The van der Waals surface area contributed by atoms with Gasteiger partial charge in [-0.05, 0) is 25.0 Å². The number of nitro groups is 1. The summed E-state index contributed by atoms with van der Waals surface area (Å²) in [6.07, 6.45) is 2.87. The molecule has 0 atom stereocenters. The van der Waals surface area contributed by atoms with Gasteiger partial charge in [-0.2, -0.15) is 4.31 Å². The van der Waals surface area contributed by atoms with Crippen molar-refractivity contribution in [3.63, 3.8) is 0 Å². The molecule has 29 heavy (non-hydrogen) atoms. The quantitative estimate of drug-likeness (QED) is 0.438. The lowest BCUT2D eigenvalue weighted by molar-refractivity contribution is -0.384. The molecule has 4 rings (SSSR count). The third kappa shape index (κ3) is 4.07. The van der Waals surface area contributed by atoms with Crippen LogP contribution in [0, 0.1) is 10.1 Å². The Labute approximate surface area is 172 Å². The molecule has 0 spiro atoms. The molecule has 9 heteroatoms. The lowest BCUT2D eigenvalue weighted by Gasteiger charge is -2.25. The number of sulfonamides is 1. The van der Waals surface area contributed by atoms with Crippen molar-refractivity contribution in [2.24, 2.45) is 0 Å². The van der Waals surface area contributed by atoms with Gasteiger partial charge in [0, 0.05) is 41.7 Å². The van der Waals surface area contributed by atoms with Crippen LogP contribution in [-0.4, -0.2) is 35.7 Å². The van der Waals surface area contributed by atoms with Gasteiger partial charge in [-0.3, -0.25) is 10.1 Å². The van der Waals surface area contributed by atoms with Gasteiger partial charge in [0.05, 0.1) is 15.5 Å². The van der Waals surface area contributed by atoms with E-state index in [2.05, 4.69) is 4.98 Å². The van der Waals surface area contributed by atoms with E-state index in [-0.39, 0.29) is 10.6 Å². The number of rotatable bonds is 5. The highest BCUT2D eigenvalue weighted by Crippen LogP contribution is 2.31. The molecule has 0 saturated carbocycles. The van der Waals surface area contributed by atoms with Crippen LogP contribution in [0.15, 0.2) is 58.8 Å². The van der Waals surface area contributed by atoms with E-state index in [0.717, 1.165) is 24.8 Å². The van der Waals surface area contributed by atoms with E-state index in [1.807, 2.05) is 5.38 Å². The lowest BCUT2D eigenvalue weighted by atomic mass is 10.2. The van der Waals surface area contributed by atoms with Gasteiger partial charge in [-0.25, -0.2) is 13.4 Å². The summed E-state index contributed by atoms with van der Waals surface area (Å²) in [5.74, 6) is 0. The highest BCUT2D eigenvalue weighted by atomic mass is 32.2. The molecule has 0 bridgehead atoms. The number of aromatic nitrogens is 1. The number of non-ortho nitro benzene ring substituents is 1. The van der Waals surface area contributed by atoms with Crippen molar-refractivity contribution in [1.29, 1.82) is 0 Å². The fourth-order valence-corrected chi connectivity index (χ4v) is 5.69. The predicted molar refractivity (Wildman–Crippen MR) is 112 cm³/mol. The molecule has 0 N–H and O–H groups in total. The second-order valence-corrected chi connectivity index (χ2v) is 9.63. The monoisotopic (exact) mass is 429 g/mol. The summed E-state index contributed by atoms with van der Waals surface area (Å²) >= 11 is 1.39. The van der Waals surface area contributed by atoms with Crippen molar-refractivity contribution in [2.45, 2.75) is 24.2 Å². The average Bonchev–Trinajstić information content (AvgIpc) is 3.25. The highest BCUT2D eigenvalue weighted by Gasteiger charge is 2.25. The minimum Gasteiger partial charge on any atom is -0.258 e. The van der Waals surface area contributed by atoms with E-state index >= 15 is 0 Å². The fraction of sp³-hybridized carbons (Fsp3) is 0.250. The fourth-order valence-electron chi connectivity index (χ4n) is 3.34. The Morgan fingerprint density at radius 2 is 1.72 bits per heavy atom. The van der Waals surface area contributed by atoms with Crippen LogP contribution in [0.25, 0.3) is 21.8 Å². The Balaban J connectivity index is 1.57. The molecule has 1 saturated heterocycles. The molecule has 3 aromatic rings. The maximum Gasteiger partial charge on any atom is 0.270 e. The molecule has 0 amide bonds. The van der Waals surface area contributed by atoms with Gasteiger partial charge in [0.25, 0.3) is 5.69 Å². The Morgan fingerprint density at radius 3 is 2.41 bits per heavy atom. The summed E-state index contributed by atoms with van der Waals surface area (Å²) in [7, 11) is -3.46. The maximum atomic E-state index is 12.8. The molecule has 1 aromatic heterocycles. The van der Waals surface area contributed by atoms with Crippen LogP contribution in [0.4, 0.5) is 5.69 Å². The highest BCUT2D eigenvalue weighted by molar-refractivity contribution is 7.89. The minimum absolute atomic E-state index is 0.0199. The largest absolute Gasteiger partial charge is 0.270 e.